The molecule has 4 heterocycles. The Morgan fingerprint density at radius 1 is 1.09 bits per heavy atom. The Morgan fingerprint density at radius 2 is 1.82 bits per heavy atom. The number of benzene rings is 1. The molecule has 3 aromatic rings. The van der Waals surface area contributed by atoms with Crippen LogP contribution in [0.2, 0.25) is 0 Å². The molecule has 6 nitrogen and oxygen atoms in total. The fourth-order valence-electron chi connectivity index (χ4n) is 6.64. The lowest BCUT2D eigenvalue weighted by atomic mass is 9.58. The maximum absolute atomic E-state index is 14.2. The SMILES string of the molecule is CC.CCC.C[C@H]1CCCN(Cc2cc(C(F)(F)F)c3cn(-c4cccc([C@H]([C]5C=CN=N5)C5(C)CCC5)c4)c(=O)n3c2)C1. The van der Waals surface area contributed by atoms with E-state index in [9.17, 15) is 18.0 Å². The van der Waals surface area contributed by atoms with Crippen LogP contribution in [0.15, 0.2) is 70.0 Å². The molecule has 1 aliphatic carbocycles. The number of fused-ring (bicyclic) bond motifs is 1. The number of hydrogen-bond acceptors (Lipinski definition) is 4. The number of imidazole rings is 1. The third kappa shape index (κ3) is 7.19. The monoisotopic (exact) mass is 610 g/mol. The highest BCUT2D eigenvalue weighted by molar-refractivity contribution is 5.58. The van der Waals surface area contributed by atoms with Gasteiger partial charge in [-0.05, 0) is 79.0 Å². The Bertz CT molecular complexity index is 1500. The van der Waals surface area contributed by atoms with Crippen LogP contribution in [0.5, 0.6) is 0 Å². The highest BCUT2D eigenvalue weighted by Crippen LogP contribution is 2.56. The number of rotatable bonds is 6. The normalized spacial score (nSPS) is 20.4. The molecule has 3 aliphatic rings. The third-order valence-electron chi connectivity index (χ3n) is 8.73. The number of piperidine rings is 1. The molecule has 0 spiro atoms. The van der Waals surface area contributed by atoms with Gasteiger partial charge in [-0.15, -0.1) is 0 Å². The van der Waals surface area contributed by atoms with Gasteiger partial charge in [0, 0.05) is 37.6 Å². The summed E-state index contributed by atoms with van der Waals surface area (Å²) >= 11 is 0. The Labute approximate surface area is 259 Å². The van der Waals surface area contributed by atoms with Crippen molar-refractivity contribution in [3.8, 4) is 5.69 Å². The van der Waals surface area contributed by atoms with E-state index in [0.717, 1.165) is 61.2 Å². The number of pyridine rings is 1. The van der Waals surface area contributed by atoms with E-state index in [0.29, 0.717) is 23.7 Å². The van der Waals surface area contributed by atoms with Crippen molar-refractivity contribution in [2.45, 2.75) is 98.7 Å². The van der Waals surface area contributed by atoms with Gasteiger partial charge in [-0.2, -0.15) is 23.4 Å². The van der Waals surface area contributed by atoms with Crippen molar-refractivity contribution >= 4 is 5.52 Å². The van der Waals surface area contributed by atoms with Crippen LogP contribution >= 0.6 is 0 Å². The second-order valence-electron chi connectivity index (χ2n) is 12.5. The van der Waals surface area contributed by atoms with Crippen molar-refractivity contribution in [2.24, 2.45) is 21.6 Å². The Hall–Kier alpha value is -3.20. The molecule has 239 valence electrons. The lowest BCUT2D eigenvalue weighted by Gasteiger charge is -2.46. The van der Waals surface area contributed by atoms with E-state index in [1.54, 1.807) is 18.5 Å². The maximum atomic E-state index is 14.2. The van der Waals surface area contributed by atoms with Gasteiger partial charge in [-0.1, -0.05) is 66.5 Å². The first kappa shape index (κ1) is 33.7. The van der Waals surface area contributed by atoms with Crippen molar-refractivity contribution in [1.29, 1.82) is 0 Å². The van der Waals surface area contributed by atoms with E-state index in [4.69, 9.17) is 0 Å². The first-order chi connectivity index (χ1) is 21.0. The van der Waals surface area contributed by atoms with E-state index in [2.05, 4.69) is 42.8 Å². The van der Waals surface area contributed by atoms with Gasteiger partial charge in [-0.3, -0.25) is 13.9 Å². The minimum Gasteiger partial charge on any atom is -0.299 e. The zero-order valence-electron chi connectivity index (χ0n) is 27.0. The Morgan fingerprint density at radius 3 is 2.41 bits per heavy atom. The molecule has 0 N–H and O–H groups in total. The van der Waals surface area contributed by atoms with Gasteiger partial charge in [0.1, 0.15) is 6.04 Å². The minimum atomic E-state index is -4.59. The molecule has 44 heavy (non-hydrogen) atoms. The molecule has 1 saturated heterocycles. The number of halogens is 3. The standard InChI is InChI=1S/C30H33F3N5O.C3H8.C2H6/c1-20-6-4-13-36(16-20)17-21-14-24(30(31,32)33)26-19-37(28(39)38(26)18-21)23-8-3-7-22(15-23)27(25-9-12-34-35-25)29(2)10-5-11-29;1-3-2;1-2/h3,7-9,12,14-15,18-20,27H,4-6,10-11,13,16-17H2,1-2H3;3H2,1-2H3;1-2H3/t20-,27+;;/m0../s1. The van der Waals surface area contributed by atoms with Crippen molar-refractivity contribution in [3.63, 3.8) is 0 Å². The Kier molecular flexibility index (Phi) is 10.9. The lowest BCUT2D eigenvalue weighted by Crippen LogP contribution is -2.35. The van der Waals surface area contributed by atoms with Crippen LogP contribution in [0, 0.1) is 17.4 Å². The summed E-state index contributed by atoms with van der Waals surface area (Å²) in [5.74, 6) is 0.497. The van der Waals surface area contributed by atoms with Crippen molar-refractivity contribution in [2.75, 3.05) is 13.1 Å². The molecule has 0 unspecified atom stereocenters. The van der Waals surface area contributed by atoms with Gasteiger partial charge in [-0.25, -0.2) is 4.79 Å². The summed E-state index contributed by atoms with van der Waals surface area (Å²) in [4.78, 5) is 15.8. The zero-order chi connectivity index (χ0) is 32.1. The fraction of sp³-hybridized carbons (Fsp3) is 0.543. The summed E-state index contributed by atoms with van der Waals surface area (Å²) in [6.07, 6.45) is 8.56. The van der Waals surface area contributed by atoms with Gasteiger partial charge in [0.05, 0.1) is 16.8 Å². The van der Waals surface area contributed by atoms with Crippen molar-refractivity contribution < 1.29 is 13.2 Å². The minimum absolute atomic E-state index is 0.00860. The predicted octanol–water partition coefficient (Wildman–Crippen LogP) is 9.57. The van der Waals surface area contributed by atoms with E-state index < -0.39 is 17.4 Å². The van der Waals surface area contributed by atoms with Gasteiger partial charge < -0.3 is 0 Å². The van der Waals surface area contributed by atoms with E-state index in [1.807, 2.05) is 38.1 Å². The van der Waals surface area contributed by atoms with Gasteiger partial charge in [0.25, 0.3) is 0 Å². The van der Waals surface area contributed by atoms with Gasteiger partial charge >= 0.3 is 11.9 Å². The summed E-state index contributed by atoms with van der Waals surface area (Å²) in [5, 5.41) is 8.38. The van der Waals surface area contributed by atoms with Crippen LogP contribution in [-0.4, -0.2) is 27.0 Å². The third-order valence-corrected chi connectivity index (χ3v) is 8.73. The number of alkyl halides is 3. The van der Waals surface area contributed by atoms with Crippen LogP contribution in [0.4, 0.5) is 13.2 Å². The molecule has 0 amide bonds. The molecule has 0 bridgehead atoms. The molecule has 2 aliphatic heterocycles. The number of aromatic nitrogens is 2. The highest BCUT2D eigenvalue weighted by atomic mass is 19.4. The van der Waals surface area contributed by atoms with Crippen LogP contribution in [0.1, 0.15) is 103 Å². The molecule has 9 heteroatoms. The number of hydrogen-bond donors (Lipinski definition) is 0. The average Bonchev–Trinajstić information content (AvgIpc) is 3.62. The zero-order valence-corrected chi connectivity index (χ0v) is 27.0. The fourth-order valence-corrected chi connectivity index (χ4v) is 6.64. The number of nitrogens with zero attached hydrogens (tertiary/aromatic N) is 5. The number of azo groups is 1. The predicted molar refractivity (Wildman–Crippen MR) is 171 cm³/mol. The topological polar surface area (TPSA) is 54.4 Å². The summed E-state index contributed by atoms with van der Waals surface area (Å²) in [6.45, 7) is 14.7. The smallest absolute Gasteiger partial charge is 0.299 e. The summed E-state index contributed by atoms with van der Waals surface area (Å²) in [7, 11) is 0. The van der Waals surface area contributed by atoms with Gasteiger partial charge in [0.2, 0.25) is 0 Å². The van der Waals surface area contributed by atoms with E-state index in [1.165, 1.54) is 23.3 Å². The molecule has 2 atom stereocenters. The first-order valence-electron chi connectivity index (χ1n) is 16.1. The molecule has 6 rings (SSSR count). The summed E-state index contributed by atoms with van der Waals surface area (Å²) in [6, 6.07) is 9.62. The van der Waals surface area contributed by atoms with Gasteiger partial charge in [0.15, 0.2) is 0 Å². The highest BCUT2D eigenvalue weighted by Gasteiger charge is 2.45. The second kappa shape index (κ2) is 14.3. The Balaban J connectivity index is 0.000000834. The van der Waals surface area contributed by atoms with Crippen LogP contribution in [-0.2, 0) is 12.7 Å². The summed E-state index contributed by atoms with van der Waals surface area (Å²) in [5.41, 5.74) is 0.581. The molecule has 1 aromatic carbocycles. The number of likely N-dealkylation sites (tertiary alicyclic amines) is 1. The van der Waals surface area contributed by atoms with Crippen LogP contribution in [0.25, 0.3) is 11.2 Å². The van der Waals surface area contributed by atoms with Crippen LogP contribution < -0.4 is 5.69 Å². The first-order valence-corrected chi connectivity index (χ1v) is 16.1. The molecule has 1 radical (unpaired) electrons. The van der Waals surface area contributed by atoms with Crippen LogP contribution in [0.3, 0.4) is 0 Å². The van der Waals surface area contributed by atoms with E-state index in [-0.39, 0.29) is 16.8 Å². The quantitative estimate of drug-likeness (QED) is 0.279. The maximum Gasteiger partial charge on any atom is 0.418 e. The summed E-state index contributed by atoms with van der Waals surface area (Å²) < 4.78 is 45.2. The lowest BCUT2D eigenvalue weighted by molar-refractivity contribution is -0.136. The van der Waals surface area contributed by atoms with E-state index >= 15 is 0 Å². The van der Waals surface area contributed by atoms with Crippen molar-refractivity contribution in [1.82, 2.24) is 13.9 Å². The molecule has 2 fully saturated rings. The molecule has 1 saturated carbocycles. The largest absolute Gasteiger partial charge is 0.418 e. The molecular weight excluding hydrogens is 563 g/mol. The van der Waals surface area contributed by atoms with Crippen molar-refractivity contribution in [3.05, 3.63) is 88.2 Å². The molecular formula is C35H47F3N5O. The average molecular weight is 611 g/mol. The second-order valence-corrected chi connectivity index (χ2v) is 12.5. The molecule has 2 aromatic heterocycles.